The molecular formula is C14H11Br2N3O5. The Hall–Kier alpha value is -2.07. The summed E-state index contributed by atoms with van der Waals surface area (Å²) in [5, 5.41) is 11.0. The molecule has 0 unspecified atom stereocenters. The van der Waals surface area contributed by atoms with E-state index < -0.39 is 22.0 Å². The summed E-state index contributed by atoms with van der Waals surface area (Å²) in [4.78, 5) is 47.6. The maximum atomic E-state index is 12.9. The number of nitro groups is 1. The van der Waals surface area contributed by atoms with Gasteiger partial charge < -0.3 is 0 Å². The zero-order valence-corrected chi connectivity index (χ0v) is 15.7. The van der Waals surface area contributed by atoms with Crippen LogP contribution in [-0.4, -0.2) is 19.8 Å². The van der Waals surface area contributed by atoms with Crippen molar-refractivity contribution in [3.8, 4) is 0 Å². The van der Waals surface area contributed by atoms with E-state index >= 15 is 0 Å². The number of carbonyl (C=O) groups excluding carboxylic acids is 1. The molecule has 1 aromatic heterocycles. The number of hydrogen-bond acceptors (Lipinski definition) is 5. The van der Waals surface area contributed by atoms with E-state index in [9.17, 15) is 24.5 Å². The SMILES string of the molecule is Cn1c(CBr)c(C(=O)c2cc([N+](=O)[O-])ccc2Br)c(=O)n(C)c1=O. The molecule has 0 aliphatic heterocycles. The molecule has 0 aliphatic carbocycles. The molecule has 24 heavy (non-hydrogen) atoms. The third kappa shape index (κ3) is 2.98. The van der Waals surface area contributed by atoms with E-state index in [-0.39, 0.29) is 27.8 Å². The number of halogens is 2. The van der Waals surface area contributed by atoms with Crippen LogP contribution in [0.2, 0.25) is 0 Å². The standard InChI is InChI=1S/C14H11Br2N3O5/c1-17-10(6-15)11(13(21)18(2)14(17)22)12(20)8-5-7(19(23)24)3-4-9(8)16/h3-5H,6H2,1-2H3. The Kier molecular flexibility index (Phi) is 5.19. The molecule has 0 bridgehead atoms. The summed E-state index contributed by atoms with van der Waals surface area (Å²) >= 11 is 6.34. The molecule has 10 heteroatoms. The summed E-state index contributed by atoms with van der Waals surface area (Å²) in [5.41, 5.74) is -1.63. The van der Waals surface area contributed by atoms with E-state index in [0.717, 1.165) is 10.6 Å². The van der Waals surface area contributed by atoms with Gasteiger partial charge in [0.15, 0.2) is 0 Å². The van der Waals surface area contributed by atoms with Gasteiger partial charge in [0.1, 0.15) is 5.56 Å². The first kappa shape index (κ1) is 18.3. The van der Waals surface area contributed by atoms with Crippen LogP contribution < -0.4 is 11.2 Å². The Morgan fingerprint density at radius 2 is 1.88 bits per heavy atom. The minimum absolute atomic E-state index is 0.0258. The quantitative estimate of drug-likeness (QED) is 0.300. The van der Waals surface area contributed by atoms with Crippen LogP contribution in [0.15, 0.2) is 32.3 Å². The smallest absolute Gasteiger partial charge is 0.299 e. The van der Waals surface area contributed by atoms with Crippen molar-refractivity contribution in [1.29, 1.82) is 0 Å². The van der Waals surface area contributed by atoms with Gasteiger partial charge in [0.2, 0.25) is 5.78 Å². The summed E-state index contributed by atoms with van der Waals surface area (Å²) < 4.78 is 2.33. The van der Waals surface area contributed by atoms with E-state index in [2.05, 4.69) is 31.9 Å². The third-order valence-electron chi connectivity index (χ3n) is 3.54. The minimum Gasteiger partial charge on any atom is -0.299 e. The lowest BCUT2D eigenvalue weighted by Gasteiger charge is -2.13. The molecule has 0 spiro atoms. The van der Waals surface area contributed by atoms with E-state index in [0.29, 0.717) is 4.47 Å². The molecule has 8 nitrogen and oxygen atoms in total. The fourth-order valence-electron chi connectivity index (χ4n) is 2.21. The highest BCUT2D eigenvalue weighted by atomic mass is 79.9. The van der Waals surface area contributed by atoms with Crippen LogP contribution in [0.1, 0.15) is 21.6 Å². The number of alkyl halides is 1. The largest absolute Gasteiger partial charge is 0.330 e. The van der Waals surface area contributed by atoms with Crippen molar-refractivity contribution in [1.82, 2.24) is 9.13 Å². The number of non-ortho nitro benzene ring substituents is 1. The van der Waals surface area contributed by atoms with Crippen LogP contribution in [0.25, 0.3) is 0 Å². The molecule has 126 valence electrons. The second-order valence-corrected chi connectivity index (χ2v) is 6.33. The van der Waals surface area contributed by atoms with Crippen molar-refractivity contribution in [2.75, 3.05) is 0 Å². The van der Waals surface area contributed by atoms with Gasteiger partial charge in [0.25, 0.3) is 11.2 Å². The van der Waals surface area contributed by atoms with Gasteiger partial charge in [-0.05, 0) is 6.07 Å². The average Bonchev–Trinajstić information content (AvgIpc) is 2.55. The number of carbonyl (C=O) groups is 1. The zero-order valence-electron chi connectivity index (χ0n) is 12.6. The summed E-state index contributed by atoms with van der Waals surface area (Å²) in [6.07, 6.45) is 0. The van der Waals surface area contributed by atoms with Crippen LogP contribution >= 0.6 is 31.9 Å². The fourth-order valence-corrected chi connectivity index (χ4v) is 3.29. The molecule has 2 aromatic rings. The maximum Gasteiger partial charge on any atom is 0.330 e. The first-order chi connectivity index (χ1) is 11.2. The topological polar surface area (TPSA) is 104 Å². The summed E-state index contributed by atoms with van der Waals surface area (Å²) in [6.45, 7) is 0. The molecule has 0 amide bonds. The highest BCUT2D eigenvalue weighted by Crippen LogP contribution is 2.25. The Morgan fingerprint density at radius 1 is 1.25 bits per heavy atom. The van der Waals surface area contributed by atoms with Crippen LogP contribution in [0, 0.1) is 10.1 Å². The van der Waals surface area contributed by atoms with Crippen LogP contribution in [-0.2, 0) is 19.4 Å². The van der Waals surface area contributed by atoms with Gasteiger partial charge in [0.05, 0.1) is 4.92 Å². The van der Waals surface area contributed by atoms with Gasteiger partial charge in [-0.2, -0.15) is 0 Å². The molecule has 1 aromatic carbocycles. The summed E-state index contributed by atoms with van der Waals surface area (Å²) in [5.74, 6) is -0.698. The lowest BCUT2D eigenvalue weighted by atomic mass is 10.0. The molecule has 0 atom stereocenters. The van der Waals surface area contributed by atoms with Crippen molar-refractivity contribution in [3.63, 3.8) is 0 Å². The summed E-state index contributed by atoms with van der Waals surface area (Å²) in [6, 6.07) is 3.70. The molecular weight excluding hydrogens is 450 g/mol. The molecule has 1 heterocycles. The number of nitro benzene ring substituents is 1. The van der Waals surface area contributed by atoms with Crippen LogP contribution in [0.5, 0.6) is 0 Å². The predicted octanol–water partition coefficient (Wildman–Crippen LogP) is 1.88. The van der Waals surface area contributed by atoms with Gasteiger partial charge in [0, 0.05) is 47.3 Å². The van der Waals surface area contributed by atoms with Gasteiger partial charge in [-0.25, -0.2) is 4.79 Å². The Labute approximate surface area is 152 Å². The molecule has 0 aliphatic rings. The second kappa shape index (κ2) is 6.81. The van der Waals surface area contributed by atoms with Gasteiger partial charge in [-0.15, -0.1) is 0 Å². The van der Waals surface area contributed by atoms with Crippen LogP contribution in [0.3, 0.4) is 0 Å². The fraction of sp³-hybridized carbons (Fsp3) is 0.214. The van der Waals surface area contributed by atoms with Gasteiger partial charge >= 0.3 is 5.69 Å². The second-order valence-electron chi connectivity index (χ2n) is 4.91. The number of rotatable bonds is 4. The van der Waals surface area contributed by atoms with Crippen molar-refractivity contribution >= 4 is 43.3 Å². The lowest BCUT2D eigenvalue weighted by molar-refractivity contribution is -0.384. The number of ketones is 1. The number of nitrogens with zero attached hydrogens (tertiary/aromatic N) is 3. The van der Waals surface area contributed by atoms with E-state index in [1.807, 2.05) is 0 Å². The minimum atomic E-state index is -0.754. The molecule has 0 N–H and O–H groups in total. The number of benzene rings is 1. The first-order valence-electron chi connectivity index (χ1n) is 6.54. The highest BCUT2D eigenvalue weighted by Gasteiger charge is 2.25. The maximum absolute atomic E-state index is 12.9. The summed E-state index contributed by atoms with van der Waals surface area (Å²) in [7, 11) is 2.71. The lowest BCUT2D eigenvalue weighted by Crippen LogP contribution is -2.42. The molecule has 0 radical (unpaired) electrons. The van der Waals surface area contributed by atoms with Crippen molar-refractivity contribution < 1.29 is 9.72 Å². The number of hydrogen-bond donors (Lipinski definition) is 0. The Morgan fingerprint density at radius 3 is 2.42 bits per heavy atom. The average molecular weight is 461 g/mol. The van der Waals surface area contributed by atoms with Crippen molar-refractivity contribution in [3.05, 3.63) is 70.4 Å². The Bertz CT molecular complexity index is 978. The molecule has 2 rings (SSSR count). The Balaban J connectivity index is 2.81. The molecule has 0 fully saturated rings. The van der Waals surface area contributed by atoms with E-state index in [1.165, 1.54) is 30.8 Å². The molecule has 0 saturated carbocycles. The van der Waals surface area contributed by atoms with Gasteiger partial charge in [-0.3, -0.25) is 28.8 Å². The van der Waals surface area contributed by atoms with Gasteiger partial charge in [-0.1, -0.05) is 31.9 Å². The van der Waals surface area contributed by atoms with Crippen molar-refractivity contribution in [2.45, 2.75) is 5.33 Å². The van der Waals surface area contributed by atoms with Crippen molar-refractivity contribution in [2.24, 2.45) is 14.1 Å². The van der Waals surface area contributed by atoms with E-state index in [4.69, 9.17) is 0 Å². The predicted molar refractivity (Wildman–Crippen MR) is 93.8 cm³/mol. The van der Waals surface area contributed by atoms with E-state index in [1.54, 1.807) is 0 Å². The van der Waals surface area contributed by atoms with Crippen LogP contribution in [0.4, 0.5) is 5.69 Å². The first-order valence-corrected chi connectivity index (χ1v) is 8.45. The monoisotopic (exact) mass is 459 g/mol. The normalized spacial score (nSPS) is 10.7. The highest BCUT2D eigenvalue weighted by molar-refractivity contribution is 9.10. The third-order valence-corrected chi connectivity index (χ3v) is 4.77. The molecule has 0 saturated heterocycles. The zero-order chi connectivity index (χ0) is 18.2. The number of aromatic nitrogens is 2.